The molecule has 0 spiro atoms. The lowest BCUT2D eigenvalue weighted by molar-refractivity contribution is 0.0775. The van der Waals surface area contributed by atoms with Gasteiger partial charge in [0.15, 0.2) is 0 Å². The van der Waals surface area contributed by atoms with E-state index >= 15 is 0 Å². The quantitative estimate of drug-likeness (QED) is 0.931. The summed E-state index contributed by atoms with van der Waals surface area (Å²) in [5.74, 6) is 0.0925. The van der Waals surface area contributed by atoms with E-state index in [-0.39, 0.29) is 5.91 Å². The Kier molecular flexibility index (Phi) is 4.78. The van der Waals surface area contributed by atoms with Crippen molar-refractivity contribution < 1.29 is 4.79 Å². The Hall–Kier alpha value is -0.870. The molecule has 0 bridgehead atoms. The Bertz CT molecular complexity index is 399. The molecule has 1 saturated heterocycles. The van der Waals surface area contributed by atoms with Gasteiger partial charge in [0.05, 0.1) is 0 Å². The third-order valence-electron chi connectivity index (χ3n) is 3.34. The molecule has 1 atom stereocenters. The van der Waals surface area contributed by atoms with E-state index in [2.05, 4.69) is 21.2 Å². The van der Waals surface area contributed by atoms with Crippen LogP contribution in [0.3, 0.4) is 0 Å². The van der Waals surface area contributed by atoms with Crippen LogP contribution >= 0.6 is 15.9 Å². The number of rotatable bonds is 3. The summed E-state index contributed by atoms with van der Waals surface area (Å²) in [6.07, 6.45) is 3.68. The van der Waals surface area contributed by atoms with Gasteiger partial charge in [-0.2, -0.15) is 0 Å². The molecule has 1 unspecified atom stereocenters. The van der Waals surface area contributed by atoms with Gasteiger partial charge in [-0.3, -0.25) is 4.79 Å². The van der Waals surface area contributed by atoms with Crippen LogP contribution in [0, 0.1) is 0 Å². The van der Waals surface area contributed by atoms with Gasteiger partial charge in [-0.1, -0.05) is 22.4 Å². The lowest BCUT2D eigenvalue weighted by Gasteiger charge is -2.28. The predicted molar refractivity (Wildman–Crippen MR) is 76.7 cm³/mol. The van der Waals surface area contributed by atoms with Crippen molar-refractivity contribution in [1.82, 2.24) is 10.2 Å². The number of amides is 1. The average Bonchev–Trinajstić information content (AvgIpc) is 2.40. The first-order valence-electron chi connectivity index (χ1n) is 6.41. The molecule has 0 saturated carbocycles. The summed E-state index contributed by atoms with van der Waals surface area (Å²) in [5.41, 5.74) is 0.747. The molecule has 1 aromatic carbocycles. The highest BCUT2D eigenvalue weighted by Gasteiger charge is 2.18. The summed E-state index contributed by atoms with van der Waals surface area (Å²) < 4.78 is 0.996. The lowest BCUT2D eigenvalue weighted by Crippen LogP contribution is -2.44. The van der Waals surface area contributed by atoms with Crippen LogP contribution in [0.4, 0.5) is 0 Å². The molecule has 4 heteroatoms. The molecule has 98 valence electrons. The van der Waals surface area contributed by atoms with Gasteiger partial charge in [-0.05, 0) is 43.7 Å². The van der Waals surface area contributed by atoms with Crippen molar-refractivity contribution >= 4 is 21.8 Å². The standard InChI is InChI=1S/C14H19BrN2O/c1-17(10-13-4-2-3-9-16-13)14(18)11-5-7-12(15)8-6-11/h5-8,13,16H,2-4,9-10H2,1H3. The monoisotopic (exact) mass is 310 g/mol. The smallest absolute Gasteiger partial charge is 0.253 e. The summed E-state index contributed by atoms with van der Waals surface area (Å²) >= 11 is 3.38. The number of likely N-dealkylation sites (N-methyl/N-ethyl adjacent to an activating group) is 1. The maximum atomic E-state index is 12.2. The minimum absolute atomic E-state index is 0.0925. The number of benzene rings is 1. The second kappa shape index (κ2) is 6.34. The SMILES string of the molecule is CN(CC1CCCCN1)C(=O)c1ccc(Br)cc1. The van der Waals surface area contributed by atoms with Crippen molar-refractivity contribution in [2.45, 2.75) is 25.3 Å². The van der Waals surface area contributed by atoms with Crippen LogP contribution < -0.4 is 5.32 Å². The fourth-order valence-corrected chi connectivity index (χ4v) is 2.57. The van der Waals surface area contributed by atoms with Crippen molar-refractivity contribution in [3.05, 3.63) is 34.3 Å². The van der Waals surface area contributed by atoms with Crippen molar-refractivity contribution in [3.63, 3.8) is 0 Å². The molecule has 1 aliphatic rings. The number of nitrogens with zero attached hydrogens (tertiary/aromatic N) is 1. The van der Waals surface area contributed by atoms with Crippen molar-refractivity contribution in [2.24, 2.45) is 0 Å². The zero-order valence-corrected chi connectivity index (χ0v) is 12.2. The zero-order chi connectivity index (χ0) is 13.0. The molecule has 0 aromatic heterocycles. The molecule has 0 aliphatic carbocycles. The number of nitrogens with one attached hydrogen (secondary N) is 1. The molecule has 3 nitrogen and oxygen atoms in total. The van der Waals surface area contributed by atoms with Crippen molar-refractivity contribution in [1.29, 1.82) is 0 Å². The number of hydrogen-bond donors (Lipinski definition) is 1. The third kappa shape index (κ3) is 3.56. The third-order valence-corrected chi connectivity index (χ3v) is 3.87. The molecule has 1 amide bonds. The summed E-state index contributed by atoms with van der Waals surface area (Å²) in [6.45, 7) is 1.86. The number of carbonyl (C=O) groups is 1. The van der Waals surface area contributed by atoms with Gasteiger partial charge >= 0.3 is 0 Å². The van der Waals surface area contributed by atoms with E-state index in [9.17, 15) is 4.79 Å². The van der Waals surface area contributed by atoms with Crippen LogP contribution in [0.5, 0.6) is 0 Å². The minimum Gasteiger partial charge on any atom is -0.340 e. The van der Waals surface area contributed by atoms with E-state index in [0.29, 0.717) is 6.04 Å². The normalized spacial score (nSPS) is 19.6. The molecular weight excluding hydrogens is 292 g/mol. The second-order valence-corrected chi connectivity index (χ2v) is 5.76. The molecule has 1 fully saturated rings. The van der Waals surface area contributed by atoms with Gasteiger partial charge in [0.2, 0.25) is 0 Å². The van der Waals surface area contributed by atoms with Gasteiger partial charge in [-0.25, -0.2) is 0 Å². The van der Waals surface area contributed by atoms with E-state index in [0.717, 1.165) is 29.5 Å². The van der Waals surface area contributed by atoms with Gasteiger partial charge in [0.1, 0.15) is 0 Å². The average molecular weight is 311 g/mol. The van der Waals surface area contributed by atoms with Gasteiger partial charge < -0.3 is 10.2 Å². The van der Waals surface area contributed by atoms with Crippen molar-refractivity contribution in [3.8, 4) is 0 Å². The van der Waals surface area contributed by atoms with E-state index in [1.165, 1.54) is 12.8 Å². The first kappa shape index (κ1) is 13.6. The Morgan fingerprint density at radius 3 is 2.72 bits per heavy atom. The molecule has 0 radical (unpaired) electrons. The summed E-state index contributed by atoms with van der Waals surface area (Å²) in [5, 5.41) is 3.46. The zero-order valence-electron chi connectivity index (χ0n) is 10.7. The van der Waals surface area contributed by atoms with Crippen LogP contribution in [0.25, 0.3) is 0 Å². The van der Waals surface area contributed by atoms with E-state index in [4.69, 9.17) is 0 Å². The Morgan fingerprint density at radius 2 is 2.11 bits per heavy atom. The van der Waals surface area contributed by atoms with Gasteiger partial charge in [0.25, 0.3) is 5.91 Å². The number of hydrogen-bond acceptors (Lipinski definition) is 2. The first-order chi connectivity index (χ1) is 8.66. The number of carbonyl (C=O) groups excluding carboxylic acids is 1. The van der Waals surface area contributed by atoms with Crippen LogP contribution in [0.1, 0.15) is 29.6 Å². The Balaban J connectivity index is 1.93. The molecule has 2 rings (SSSR count). The van der Waals surface area contributed by atoms with Gasteiger partial charge in [0, 0.05) is 29.7 Å². The highest BCUT2D eigenvalue weighted by Crippen LogP contribution is 2.13. The molecule has 1 heterocycles. The van der Waals surface area contributed by atoms with E-state index < -0.39 is 0 Å². The Labute approximate surface area is 117 Å². The Morgan fingerprint density at radius 1 is 1.39 bits per heavy atom. The van der Waals surface area contributed by atoms with Crippen LogP contribution in [0.2, 0.25) is 0 Å². The molecule has 1 aliphatic heterocycles. The fraction of sp³-hybridized carbons (Fsp3) is 0.500. The summed E-state index contributed by atoms with van der Waals surface area (Å²) in [7, 11) is 1.88. The topological polar surface area (TPSA) is 32.3 Å². The van der Waals surface area contributed by atoms with E-state index in [1.54, 1.807) is 0 Å². The van der Waals surface area contributed by atoms with Crippen molar-refractivity contribution in [2.75, 3.05) is 20.1 Å². The van der Waals surface area contributed by atoms with Gasteiger partial charge in [-0.15, -0.1) is 0 Å². The van der Waals surface area contributed by atoms with Crippen LogP contribution in [-0.4, -0.2) is 37.0 Å². The maximum absolute atomic E-state index is 12.2. The molecule has 1 N–H and O–H groups in total. The number of piperidine rings is 1. The summed E-state index contributed by atoms with van der Waals surface area (Å²) in [4.78, 5) is 14.0. The minimum atomic E-state index is 0.0925. The van der Waals surface area contributed by atoms with E-state index in [1.807, 2.05) is 36.2 Å². The predicted octanol–water partition coefficient (Wildman–Crippen LogP) is 2.66. The number of halogens is 1. The maximum Gasteiger partial charge on any atom is 0.253 e. The molecule has 1 aromatic rings. The largest absolute Gasteiger partial charge is 0.340 e. The highest BCUT2D eigenvalue weighted by molar-refractivity contribution is 9.10. The van der Waals surface area contributed by atoms with Crippen LogP contribution in [-0.2, 0) is 0 Å². The fourth-order valence-electron chi connectivity index (χ4n) is 2.31. The molecule has 18 heavy (non-hydrogen) atoms. The second-order valence-electron chi connectivity index (χ2n) is 4.84. The van der Waals surface area contributed by atoms with Crippen LogP contribution in [0.15, 0.2) is 28.7 Å². The first-order valence-corrected chi connectivity index (χ1v) is 7.20. The summed E-state index contributed by atoms with van der Waals surface area (Å²) in [6, 6.07) is 7.97. The highest BCUT2D eigenvalue weighted by atomic mass is 79.9. The lowest BCUT2D eigenvalue weighted by atomic mass is 10.0. The molecular formula is C14H19BrN2O.